The van der Waals surface area contributed by atoms with E-state index in [4.69, 9.17) is 0 Å². The summed E-state index contributed by atoms with van der Waals surface area (Å²) in [6.45, 7) is 2.38. The lowest BCUT2D eigenvalue weighted by Crippen LogP contribution is -2.27. The highest BCUT2D eigenvalue weighted by Gasteiger charge is 2.31. The molecule has 2 N–H and O–H groups in total. The zero-order chi connectivity index (χ0) is 14.8. The molecule has 1 heterocycles. The van der Waals surface area contributed by atoms with E-state index < -0.39 is 0 Å². The number of anilines is 1. The molecule has 1 aliphatic heterocycles. The summed E-state index contributed by atoms with van der Waals surface area (Å²) in [5.41, 5.74) is 3.69. The van der Waals surface area contributed by atoms with Gasteiger partial charge < -0.3 is 10.6 Å². The summed E-state index contributed by atoms with van der Waals surface area (Å²) >= 11 is 0. The van der Waals surface area contributed by atoms with E-state index in [1.54, 1.807) is 0 Å². The van der Waals surface area contributed by atoms with Crippen LogP contribution >= 0.6 is 0 Å². The molecule has 0 radical (unpaired) electrons. The second kappa shape index (κ2) is 6.18. The van der Waals surface area contributed by atoms with Crippen LogP contribution in [0.2, 0.25) is 0 Å². The molecular weight excluding hydrogens is 260 g/mol. The summed E-state index contributed by atoms with van der Waals surface area (Å²) < 4.78 is 0. The zero-order valence-electron chi connectivity index (χ0n) is 13.1. The number of rotatable bonds is 3. The summed E-state index contributed by atoms with van der Waals surface area (Å²) in [5.74, 6) is 1.67. The maximum atomic E-state index is 11.6. The third-order valence-corrected chi connectivity index (χ3v) is 5.28. The molecule has 1 amide bonds. The second-order valence-electron chi connectivity index (χ2n) is 6.66. The molecule has 3 rings (SSSR count). The molecule has 0 spiro atoms. The van der Waals surface area contributed by atoms with Gasteiger partial charge >= 0.3 is 0 Å². The summed E-state index contributed by atoms with van der Waals surface area (Å²) in [4.78, 5) is 11.6. The zero-order valence-corrected chi connectivity index (χ0v) is 13.1. The first-order valence-electron chi connectivity index (χ1n) is 8.29. The molecule has 3 unspecified atom stereocenters. The molecule has 21 heavy (non-hydrogen) atoms. The van der Waals surface area contributed by atoms with Gasteiger partial charge in [-0.2, -0.15) is 0 Å². The Morgan fingerprint density at radius 3 is 2.81 bits per heavy atom. The van der Waals surface area contributed by atoms with E-state index in [0.717, 1.165) is 30.4 Å². The van der Waals surface area contributed by atoms with Crippen molar-refractivity contribution in [2.45, 2.75) is 51.5 Å². The molecule has 3 nitrogen and oxygen atoms in total. The first-order chi connectivity index (χ1) is 10.2. The van der Waals surface area contributed by atoms with Crippen LogP contribution in [0.1, 0.15) is 56.2 Å². The molecule has 3 atom stereocenters. The Hall–Kier alpha value is -1.35. The third-order valence-electron chi connectivity index (χ3n) is 5.28. The van der Waals surface area contributed by atoms with E-state index in [0.29, 0.717) is 12.5 Å². The van der Waals surface area contributed by atoms with Crippen LogP contribution in [0.4, 0.5) is 5.69 Å². The fraction of sp³-hybridized carbons (Fsp3) is 0.611. The summed E-state index contributed by atoms with van der Waals surface area (Å²) in [6.07, 6.45) is 6.61. The highest BCUT2D eigenvalue weighted by Crippen LogP contribution is 2.40. The van der Waals surface area contributed by atoms with E-state index in [-0.39, 0.29) is 5.91 Å². The number of carbonyl (C=O) groups is 1. The topological polar surface area (TPSA) is 41.1 Å². The Morgan fingerprint density at radius 1 is 1.24 bits per heavy atom. The number of nitrogens with one attached hydrogen (secondary N) is 2. The molecule has 1 fully saturated rings. The minimum atomic E-state index is 0.149. The average molecular weight is 286 g/mol. The predicted molar refractivity (Wildman–Crippen MR) is 86.3 cm³/mol. The predicted octanol–water partition coefficient (Wildman–Crippen LogP) is 3.66. The normalized spacial score (nSPS) is 26.9. The minimum Gasteiger partial charge on any atom is -0.326 e. The van der Waals surface area contributed by atoms with Crippen LogP contribution in [0.15, 0.2) is 18.2 Å². The van der Waals surface area contributed by atoms with Crippen molar-refractivity contribution in [1.29, 1.82) is 0 Å². The van der Waals surface area contributed by atoms with Crippen LogP contribution in [-0.2, 0) is 11.2 Å². The van der Waals surface area contributed by atoms with E-state index in [9.17, 15) is 4.79 Å². The smallest absolute Gasteiger partial charge is 0.224 e. The van der Waals surface area contributed by atoms with Crippen LogP contribution in [0.5, 0.6) is 0 Å². The largest absolute Gasteiger partial charge is 0.326 e. The maximum absolute atomic E-state index is 11.6. The molecule has 1 aromatic carbocycles. The summed E-state index contributed by atoms with van der Waals surface area (Å²) in [5, 5.41) is 6.56. The van der Waals surface area contributed by atoms with Crippen molar-refractivity contribution in [2.24, 2.45) is 11.8 Å². The Kier molecular flexibility index (Phi) is 4.29. The number of aryl methyl sites for hydroxylation is 1. The number of amides is 1. The Bertz CT molecular complexity index is 526. The molecule has 0 aromatic heterocycles. The molecule has 0 bridgehead atoms. The average Bonchev–Trinajstić information content (AvgIpc) is 2.79. The second-order valence-corrected chi connectivity index (χ2v) is 6.66. The molecule has 1 aromatic rings. The van der Waals surface area contributed by atoms with Gasteiger partial charge in [0.2, 0.25) is 5.91 Å². The van der Waals surface area contributed by atoms with Crippen molar-refractivity contribution in [3.63, 3.8) is 0 Å². The van der Waals surface area contributed by atoms with Gasteiger partial charge in [-0.05, 0) is 55.3 Å². The van der Waals surface area contributed by atoms with Gasteiger partial charge in [0.25, 0.3) is 0 Å². The van der Waals surface area contributed by atoms with Gasteiger partial charge in [0.05, 0.1) is 0 Å². The van der Waals surface area contributed by atoms with Crippen molar-refractivity contribution in [3.8, 4) is 0 Å². The van der Waals surface area contributed by atoms with Gasteiger partial charge in [0, 0.05) is 18.2 Å². The van der Waals surface area contributed by atoms with Crippen LogP contribution < -0.4 is 10.6 Å². The van der Waals surface area contributed by atoms with Crippen molar-refractivity contribution in [1.82, 2.24) is 5.32 Å². The molecule has 1 saturated carbocycles. The number of benzene rings is 1. The Balaban J connectivity index is 1.88. The number of fused-ring (bicyclic) bond motifs is 1. The first kappa shape index (κ1) is 14.6. The lowest BCUT2D eigenvalue weighted by atomic mass is 9.85. The summed E-state index contributed by atoms with van der Waals surface area (Å²) in [7, 11) is 2.07. The van der Waals surface area contributed by atoms with Crippen molar-refractivity contribution >= 4 is 11.6 Å². The Morgan fingerprint density at radius 2 is 2.10 bits per heavy atom. The first-order valence-corrected chi connectivity index (χ1v) is 8.29. The number of hydrogen-bond donors (Lipinski definition) is 2. The summed E-state index contributed by atoms with van der Waals surface area (Å²) in [6, 6.07) is 7.04. The third kappa shape index (κ3) is 2.98. The molecule has 3 heteroatoms. The van der Waals surface area contributed by atoms with E-state index in [1.165, 1.54) is 30.4 Å². The SMILES string of the molecule is CNC(c1ccc2c(c1)CCCC(=O)N2)C1CCCC1C. The van der Waals surface area contributed by atoms with Gasteiger partial charge in [-0.15, -0.1) is 0 Å². The van der Waals surface area contributed by atoms with Gasteiger partial charge in [0.15, 0.2) is 0 Å². The fourth-order valence-corrected chi connectivity index (χ4v) is 4.09. The minimum absolute atomic E-state index is 0.149. The van der Waals surface area contributed by atoms with Crippen LogP contribution in [0.25, 0.3) is 0 Å². The molecular formula is C18H26N2O. The maximum Gasteiger partial charge on any atom is 0.224 e. The van der Waals surface area contributed by atoms with Gasteiger partial charge in [-0.3, -0.25) is 4.79 Å². The fourth-order valence-electron chi connectivity index (χ4n) is 4.09. The van der Waals surface area contributed by atoms with Crippen molar-refractivity contribution in [3.05, 3.63) is 29.3 Å². The van der Waals surface area contributed by atoms with Gasteiger partial charge in [-0.25, -0.2) is 0 Å². The molecule has 1 aliphatic carbocycles. The van der Waals surface area contributed by atoms with Gasteiger partial charge in [0.1, 0.15) is 0 Å². The van der Waals surface area contributed by atoms with E-state index in [2.05, 4.69) is 42.8 Å². The number of carbonyl (C=O) groups excluding carboxylic acids is 1. The van der Waals surface area contributed by atoms with Crippen LogP contribution in [0.3, 0.4) is 0 Å². The van der Waals surface area contributed by atoms with Crippen molar-refractivity contribution in [2.75, 3.05) is 12.4 Å². The van der Waals surface area contributed by atoms with Crippen LogP contribution in [0, 0.1) is 11.8 Å². The van der Waals surface area contributed by atoms with Crippen LogP contribution in [-0.4, -0.2) is 13.0 Å². The monoisotopic (exact) mass is 286 g/mol. The van der Waals surface area contributed by atoms with Gasteiger partial charge in [-0.1, -0.05) is 31.9 Å². The standard InChI is InChI=1S/C18H26N2O/c1-12-5-3-7-15(12)18(19-2)14-9-10-16-13(11-14)6-4-8-17(21)20-16/h9-12,15,18-19H,3-8H2,1-2H3,(H,20,21). The highest BCUT2D eigenvalue weighted by molar-refractivity contribution is 5.92. The quantitative estimate of drug-likeness (QED) is 0.890. The van der Waals surface area contributed by atoms with E-state index >= 15 is 0 Å². The molecule has 0 saturated heterocycles. The lowest BCUT2D eigenvalue weighted by molar-refractivity contribution is -0.116. The Labute approximate surface area is 127 Å². The highest BCUT2D eigenvalue weighted by atomic mass is 16.1. The molecule has 114 valence electrons. The number of hydrogen-bond acceptors (Lipinski definition) is 2. The molecule has 2 aliphatic rings. The van der Waals surface area contributed by atoms with E-state index in [1.807, 2.05) is 0 Å². The lowest BCUT2D eigenvalue weighted by Gasteiger charge is -2.28. The van der Waals surface area contributed by atoms with Crippen molar-refractivity contribution < 1.29 is 4.79 Å².